The lowest BCUT2D eigenvalue weighted by atomic mass is 9.82. The third-order valence-electron chi connectivity index (χ3n) is 3.51. The summed E-state index contributed by atoms with van der Waals surface area (Å²) in [5, 5.41) is 0. The van der Waals surface area contributed by atoms with Crippen molar-refractivity contribution < 1.29 is 0 Å². The zero-order valence-electron chi connectivity index (χ0n) is 10.5. The Morgan fingerprint density at radius 1 is 0.944 bits per heavy atom. The van der Waals surface area contributed by atoms with Gasteiger partial charge in [0.2, 0.25) is 0 Å². The highest BCUT2D eigenvalue weighted by Crippen LogP contribution is 2.30. The topological polar surface area (TPSA) is 104 Å². The van der Waals surface area contributed by atoms with Crippen molar-refractivity contribution >= 4 is 0 Å². The van der Waals surface area contributed by atoms with Crippen LogP contribution in [0.25, 0.3) is 0 Å². The number of rotatable bonds is 2. The van der Waals surface area contributed by atoms with E-state index >= 15 is 0 Å². The van der Waals surface area contributed by atoms with Crippen molar-refractivity contribution in [2.24, 2.45) is 22.9 Å². The molecular formula is C14H20N4. The molecule has 0 aromatic heterocycles. The quantitative estimate of drug-likeness (QED) is 0.569. The van der Waals surface area contributed by atoms with E-state index in [1.54, 1.807) is 12.2 Å². The number of hydrogen-bond donors (Lipinski definition) is 4. The molecule has 8 N–H and O–H groups in total. The summed E-state index contributed by atoms with van der Waals surface area (Å²) in [5.41, 5.74) is 23.4. The van der Waals surface area contributed by atoms with Crippen LogP contribution in [0.4, 0.5) is 0 Å². The summed E-state index contributed by atoms with van der Waals surface area (Å²) < 4.78 is 0. The summed E-state index contributed by atoms with van der Waals surface area (Å²) in [4.78, 5) is 0. The van der Waals surface area contributed by atoms with Crippen molar-refractivity contribution in [3.8, 4) is 0 Å². The molecule has 0 heterocycles. The van der Waals surface area contributed by atoms with Gasteiger partial charge in [-0.2, -0.15) is 0 Å². The second-order valence-electron chi connectivity index (χ2n) is 4.98. The van der Waals surface area contributed by atoms with Crippen molar-refractivity contribution in [1.29, 1.82) is 0 Å². The van der Waals surface area contributed by atoms with Crippen molar-refractivity contribution in [3.05, 3.63) is 59.7 Å². The van der Waals surface area contributed by atoms with Gasteiger partial charge < -0.3 is 22.9 Å². The summed E-state index contributed by atoms with van der Waals surface area (Å²) in [6.07, 6.45) is 5.32. The molecule has 1 atom stereocenters. The summed E-state index contributed by atoms with van der Waals surface area (Å²) in [7, 11) is 0. The first-order valence-corrected chi connectivity index (χ1v) is 5.96. The largest absolute Gasteiger partial charge is 0.307 e. The molecule has 1 aromatic carbocycles. The van der Waals surface area contributed by atoms with Crippen LogP contribution >= 0.6 is 0 Å². The van der Waals surface area contributed by atoms with E-state index in [0.717, 1.165) is 5.57 Å². The molecule has 1 aliphatic carbocycles. The second-order valence-corrected chi connectivity index (χ2v) is 4.98. The van der Waals surface area contributed by atoms with Gasteiger partial charge in [-0.3, -0.25) is 0 Å². The van der Waals surface area contributed by atoms with Crippen LogP contribution in [-0.2, 0) is 0 Å². The van der Waals surface area contributed by atoms with Gasteiger partial charge in [0.1, 0.15) is 11.3 Å². The Morgan fingerprint density at radius 2 is 1.56 bits per heavy atom. The molecule has 96 valence electrons. The fourth-order valence-corrected chi connectivity index (χ4v) is 2.03. The fourth-order valence-electron chi connectivity index (χ4n) is 2.03. The number of allylic oxidation sites excluding steroid dienone is 2. The van der Waals surface area contributed by atoms with Gasteiger partial charge in [-0.1, -0.05) is 43.3 Å². The maximum atomic E-state index is 5.96. The molecule has 1 aliphatic rings. The van der Waals surface area contributed by atoms with Crippen molar-refractivity contribution in [2.75, 3.05) is 0 Å². The van der Waals surface area contributed by atoms with E-state index in [1.807, 2.05) is 24.3 Å². The molecule has 0 amide bonds. The van der Waals surface area contributed by atoms with E-state index in [0.29, 0.717) is 0 Å². The summed E-state index contributed by atoms with van der Waals surface area (Å²) >= 11 is 0. The van der Waals surface area contributed by atoms with Crippen LogP contribution < -0.4 is 22.9 Å². The Morgan fingerprint density at radius 3 is 2.11 bits per heavy atom. The zero-order valence-corrected chi connectivity index (χ0v) is 10.5. The van der Waals surface area contributed by atoms with E-state index in [1.165, 1.54) is 5.56 Å². The molecule has 1 unspecified atom stereocenters. The van der Waals surface area contributed by atoms with Crippen LogP contribution in [0, 0.1) is 0 Å². The van der Waals surface area contributed by atoms with E-state index in [-0.39, 0.29) is 5.92 Å². The Hall–Kier alpha value is -1.46. The normalized spacial score (nSPS) is 22.4. The van der Waals surface area contributed by atoms with Crippen LogP contribution in [-0.4, -0.2) is 11.3 Å². The lowest BCUT2D eigenvalue weighted by Gasteiger charge is -2.39. The maximum absolute atomic E-state index is 5.96. The van der Waals surface area contributed by atoms with Crippen LogP contribution in [0.2, 0.25) is 0 Å². The molecule has 0 bridgehead atoms. The minimum Gasteiger partial charge on any atom is -0.307 e. The van der Waals surface area contributed by atoms with Gasteiger partial charge in [0.25, 0.3) is 0 Å². The van der Waals surface area contributed by atoms with Gasteiger partial charge in [0, 0.05) is 5.92 Å². The van der Waals surface area contributed by atoms with Gasteiger partial charge in [0.15, 0.2) is 0 Å². The van der Waals surface area contributed by atoms with Gasteiger partial charge in [-0.15, -0.1) is 0 Å². The van der Waals surface area contributed by atoms with Gasteiger partial charge >= 0.3 is 0 Å². The zero-order chi connectivity index (χ0) is 13.4. The molecule has 0 saturated carbocycles. The second kappa shape index (κ2) is 4.33. The van der Waals surface area contributed by atoms with Crippen molar-refractivity contribution in [1.82, 2.24) is 0 Å². The minimum atomic E-state index is -1.24. The summed E-state index contributed by atoms with van der Waals surface area (Å²) in [5.74, 6) is 0.199. The predicted octanol–water partition coefficient (Wildman–Crippen LogP) is 0.514. The number of nitrogens with two attached hydrogens (primary N) is 4. The smallest absolute Gasteiger partial charge is 0.119 e. The molecule has 2 rings (SSSR count). The highest BCUT2D eigenvalue weighted by molar-refractivity contribution is 5.42. The average molecular weight is 244 g/mol. The number of hydrogen-bond acceptors (Lipinski definition) is 4. The van der Waals surface area contributed by atoms with Gasteiger partial charge in [0.05, 0.1) is 0 Å². The molecule has 0 saturated heterocycles. The van der Waals surface area contributed by atoms with Crippen LogP contribution in [0.3, 0.4) is 0 Å². The Kier molecular flexibility index (Phi) is 3.12. The highest BCUT2D eigenvalue weighted by atomic mass is 15.1. The molecule has 4 heteroatoms. The SMILES string of the molecule is CC(C1=CC(N)(N)C(N)(N)C=C1)c1ccccc1. The summed E-state index contributed by atoms with van der Waals surface area (Å²) in [6.45, 7) is 2.10. The van der Waals surface area contributed by atoms with Crippen LogP contribution in [0.1, 0.15) is 18.4 Å². The third-order valence-corrected chi connectivity index (χ3v) is 3.51. The summed E-state index contributed by atoms with van der Waals surface area (Å²) in [6, 6.07) is 10.1. The van der Waals surface area contributed by atoms with E-state index in [9.17, 15) is 0 Å². The predicted molar refractivity (Wildman–Crippen MR) is 74.3 cm³/mol. The maximum Gasteiger partial charge on any atom is 0.119 e. The monoisotopic (exact) mass is 244 g/mol. The van der Waals surface area contributed by atoms with Crippen LogP contribution in [0.15, 0.2) is 54.1 Å². The lowest BCUT2D eigenvalue weighted by molar-refractivity contribution is 0.344. The van der Waals surface area contributed by atoms with Crippen molar-refractivity contribution in [3.63, 3.8) is 0 Å². The Balaban J connectivity index is 2.32. The first-order valence-electron chi connectivity index (χ1n) is 5.96. The molecule has 0 spiro atoms. The Labute approximate surface area is 107 Å². The van der Waals surface area contributed by atoms with Gasteiger partial charge in [-0.25, -0.2) is 0 Å². The minimum absolute atomic E-state index is 0.199. The first-order chi connectivity index (χ1) is 8.33. The molecule has 18 heavy (non-hydrogen) atoms. The third kappa shape index (κ3) is 2.23. The van der Waals surface area contributed by atoms with Crippen molar-refractivity contribution in [2.45, 2.75) is 24.2 Å². The van der Waals surface area contributed by atoms with Gasteiger partial charge in [-0.05, 0) is 23.3 Å². The fraction of sp³-hybridized carbons (Fsp3) is 0.286. The number of benzene rings is 1. The van der Waals surface area contributed by atoms with Crippen LogP contribution in [0.5, 0.6) is 0 Å². The molecule has 0 aliphatic heterocycles. The lowest BCUT2D eigenvalue weighted by Crippen LogP contribution is -2.75. The molecule has 0 radical (unpaired) electrons. The highest BCUT2D eigenvalue weighted by Gasteiger charge is 2.39. The molecule has 1 aromatic rings. The molecular weight excluding hydrogens is 224 g/mol. The average Bonchev–Trinajstić information content (AvgIpc) is 2.33. The van der Waals surface area contributed by atoms with E-state index in [4.69, 9.17) is 22.9 Å². The first kappa shape index (κ1) is 13.0. The molecule has 0 fully saturated rings. The van der Waals surface area contributed by atoms with E-state index < -0.39 is 11.3 Å². The Bertz CT molecular complexity index is 486. The molecule has 4 nitrogen and oxygen atoms in total. The van der Waals surface area contributed by atoms with E-state index in [2.05, 4.69) is 19.1 Å². The standard InChI is InChI=1S/C14H20N4/c1-10(11-5-3-2-4-6-11)12-7-8-13(15,16)14(17,18)9-12/h2-10H,15-18H2,1H3.